The van der Waals surface area contributed by atoms with Crippen molar-refractivity contribution in [3.63, 3.8) is 0 Å². The Labute approximate surface area is 186 Å². The number of fused-ring (bicyclic) bond motifs is 1. The Morgan fingerprint density at radius 1 is 1.29 bits per heavy atom. The van der Waals surface area contributed by atoms with Gasteiger partial charge in [0.2, 0.25) is 5.91 Å². The number of aliphatic imine (C=N–C) groups is 1. The van der Waals surface area contributed by atoms with Gasteiger partial charge in [-0.2, -0.15) is 0 Å². The van der Waals surface area contributed by atoms with E-state index in [4.69, 9.17) is 9.47 Å². The van der Waals surface area contributed by atoms with Crippen LogP contribution in [0.15, 0.2) is 29.3 Å². The first kappa shape index (κ1) is 23.4. The maximum Gasteiger partial charge on any atom is 0.243 e. The molecule has 0 spiro atoms. The van der Waals surface area contributed by atoms with Crippen LogP contribution in [0.5, 0.6) is 5.75 Å². The van der Waals surface area contributed by atoms with Crippen molar-refractivity contribution in [1.29, 1.82) is 0 Å². The monoisotopic (exact) mass is 430 g/mol. The van der Waals surface area contributed by atoms with E-state index in [-0.39, 0.29) is 23.9 Å². The van der Waals surface area contributed by atoms with Gasteiger partial charge in [0.1, 0.15) is 12.3 Å². The lowest BCUT2D eigenvalue weighted by Gasteiger charge is -2.32. The van der Waals surface area contributed by atoms with Gasteiger partial charge in [0.25, 0.3) is 0 Å². The lowest BCUT2D eigenvalue weighted by molar-refractivity contribution is -0.127. The molecule has 2 N–H and O–H groups in total. The van der Waals surface area contributed by atoms with Gasteiger partial charge in [0, 0.05) is 45.8 Å². The Morgan fingerprint density at radius 3 is 2.81 bits per heavy atom. The fraction of sp³-hybridized carbons (Fsp3) is 0.667. The summed E-state index contributed by atoms with van der Waals surface area (Å²) in [6.07, 6.45) is 6.85. The van der Waals surface area contributed by atoms with Gasteiger partial charge in [0.05, 0.1) is 12.6 Å². The third-order valence-corrected chi connectivity index (χ3v) is 6.42. The van der Waals surface area contributed by atoms with Gasteiger partial charge in [-0.15, -0.1) is 0 Å². The van der Waals surface area contributed by atoms with Crippen LogP contribution in [0, 0.1) is 5.41 Å². The van der Waals surface area contributed by atoms with E-state index < -0.39 is 0 Å². The minimum atomic E-state index is -0.0135. The van der Waals surface area contributed by atoms with Crippen molar-refractivity contribution >= 4 is 11.9 Å². The molecule has 0 saturated heterocycles. The smallest absolute Gasteiger partial charge is 0.243 e. The number of nitrogens with zero attached hydrogens (tertiary/aromatic N) is 2. The molecule has 1 aliphatic carbocycles. The number of hydrogen-bond acceptors (Lipinski definition) is 4. The fourth-order valence-electron chi connectivity index (χ4n) is 4.44. The van der Waals surface area contributed by atoms with Crippen molar-refractivity contribution < 1.29 is 14.3 Å². The Morgan fingerprint density at radius 2 is 2.06 bits per heavy atom. The van der Waals surface area contributed by atoms with Gasteiger partial charge in [-0.1, -0.05) is 31.0 Å². The summed E-state index contributed by atoms with van der Waals surface area (Å²) in [4.78, 5) is 18.4. The van der Waals surface area contributed by atoms with E-state index in [2.05, 4.69) is 21.7 Å². The SMILES string of the molecule is CCOCCC1(CNC(=NCC(=O)N(C)C)NC2CCOc3ccccc32)CCCC1. The highest BCUT2D eigenvalue weighted by molar-refractivity contribution is 5.85. The molecule has 0 bridgehead atoms. The molecule has 0 radical (unpaired) electrons. The molecular weight excluding hydrogens is 392 g/mol. The van der Waals surface area contributed by atoms with Crippen molar-refractivity contribution in [3.05, 3.63) is 29.8 Å². The zero-order chi connectivity index (χ0) is 22.1. The van der Waals surface area contributed by atoms with E-state index in [1.807, 2.05) is 25.1 Å². The summed E-state index contributed by atoms with van der Waals surface area (Å²) in [6.45, 7) is 5.23. The molecule has 1 aliphatic heterocycles. The number of hydrogen-bond donors (Lipinski definition) is 2. The van der Waals surface area contributed by atoms with Crippen molar-refractivity contribution in [2.75, 3.05) is 47.0 Å². The molecule has 31 heavy (non-hydrogen) atoms. The number of likely N-dealkylation sites (N-methyl/N-ethyl adjacent to an activating group) is 1. The Bertz CT molecular complexity index is 744. The van der Waals surface area contributed by atoms with Crippen LogP contribution in [0.25, 0.3) is 0 Å². The summed E-state index contributed by atoms with van der Waals surface area (Å²) in [7, 11) is 3.52. The minimum Gasteiger partial charge on any atom is -0.493 e. The van der Waals surface area contributed by atoms with Crippen molar-refractivity contribution in [1.82, 2.24) is 15.5 Å². The summed E-state index contributed by atoms with van der Waals surface area (Å²) >= 11 is 0. The number of rotatable bonds is 9. The van der Waals surface area contributed by atoms with Crippen LogP contribution in [-0.2, 0) is 9.53 Å². The maximum absolute atomic E-state index is 12.2. The number of amides is 1. The molecular formula is C24H38N4O3. The number of carbonyl (C=O) groups excluding carboxylic acids is 1. The first-order valence-electron chi connectivity index (χ1n) is 11.6. The quantitative estimate of drug-likeness (QED) is 0.358. The first-order chi connectivity index (χ1) is 15.0. The largest absolute Gasteiger partial charge is 0.493 e. The fourth-order valence-corrected chi connectivity index (χ4v) is 4.44. The summed E-state index contributed by atoms with van der Waals surface area (Å²) in [5, 5.41) is 7.15. The molecule has 2 aliphatic rings. The van der Waals surface area contributed by atoms with Crippen LogP contribution in [0.1, 0.15) is 57.1 Å². The number of ether oxygens (including phenoxy) is 2. The van der Waals surface area contributed by atoms with E-state index >= 15 is 0 Å². The van der Waals surface area contributed by atoms with Crippen molar-refractivity contribution in [2.24, 2.45) is 10.4 Å². The molecule has 1 heterocycles. The topological polar surface area (TPSA) is 75.2 Å². The average molecular weight is 431 g/mol. The lowest BCUT2D eigenvalue weighted by Crippen LogP contribution is -2.46. The van der Waals surface area contributed by atoms with E-state index in [0.29, 0.717) is 12.6 Å². The number of guanidine groups is 1. The number of nitrogens with one attached hydrogen (secondary N) is 2. The maximum atomic E-state index is 12.2. The Balaban J connectivity index is 1.71. The summed E-state index contributed by atoms with van der Waals surface area (Å²) in [5.41, 5.74) is 1.37. The van der Waals surface area contributed by atoms with E-state index in [1.54, 1.807) is 19.0 Å². The van der Waals surface area contributed by atoms with Gasteiger partial charge >= 0.3 is 0 Å². The average Bonchev–Trinajstić information content (AvgIpc) is 3.24. The zero-order valence-electron chi connectivity index (χ0n) is 19.3. The third-order valence-electron chi connectivity index (χ3n) is 6.42. The van der Waals surface area contributed by atoms with Crippen LogP contribution in [0.2, 0.25) is 0 Å². The molecule has 0 aromatic heterocycles. The van der Waals surface area contributed by atoms with Crippen LogP contribution in [0.3, 0.4) is 0 Å². The lowest BCUT2D eigenvalue weighted by atomic mass is 9.83. The van der Waals surface area contributed by atoms with E-state index in [1.165, 1.54) is 25.7 Å². The molecule has 1 saturated carbocycles. The standard InChI is InChI=1S/C24H38N4O3/c1-4-30-16-14-24(12-7-8-13-24)18-26-23(25-17-22(29)28(2)3)27-20-11-15-31-21-10-6-5-9-19(20)21/h5-6,9-10,20H,4,7-8,11-18H2,1-3H3,(H2,25,26,27). The van der Waals surface area contributed by atoms with Crippen molar-refractivity contribution in [3.8, 4) is 5.75 Å². The third kappa shape index (κ3) is 6.60. The van der Waals surface area contributed by atoms with E-state index in [9.17, 15) is 4.79 Å². The van der Waals surface area contributed by atoms with Gasteiger partial charge in [-0.25, -0.2) is 4.99 Å². The van der Waals surface area contributed by atoms with E-state index in [0.717, 1.165) is 43.9 Å². The van der Waals surface area contributed by atoms with Crippen molar-refractivity contribution in [2.45, 2.75) is 51.5 Å². The Hall–Kier alpha value is -2.28. The summed E-state index contributed by atoms with van der Waals surface area (Å²) in [6, 6.07) is 8.23. The van der Waals surface area contributed by atoms with Gasteiger partial charge in [0.15, 0.2) is 5.96 Å². The second-order valence-electron chi connectivity index (χ2n) is 8.83. The molecule has 1 fully saturated rings. The molecule has 1 amide bonds. The molecule has 7 heteroatoms. The molecule has 3 rings (SSSR count). The molecule has 7 nitrogen and oxygen atoms in total. The van der Waals surface area contributed by atoms with Crippen LogP contribution in [-0.4, -0.2) is 63.8 Å². The zero-order valence-corrected chi connectivity index (χ0v) is 19.3. The number of para-hydroxylation sites is 1. The summed E-state index contributed by atoms with van der Waals surface area (Å²) < 4.78 is 11.5. The Kier molecular flexibility index (Phi) is 8.58. The molecule has 172 valence electrons. The highest BCUT2D eigenvalue weighted by Crippen LogP contribution is 2.40. The number of carbonyl (C=O) groups is 1. The predicted molar refractivity (Wildman–Crippen MR) is 123 cm³/mol. The molecule has 1 aromatic rings. The van der Waals surface area contributed by atoms with Gasteiger partial charge in [-0.3, -0.25) is 4.79 Å². The van der Waals surface area contributed by atoms with Crippen LogP contribution < -0.4 is 15.4 Å². The normalized spacial score (nSPS) is 20.0. The summed E-state index contributed by atoms with van der Waals surface area (Å²) in [5.74, 6) is 1.60. The second kappa shape index (κ2) is 11.4. The molecule has 1 atom stereocenters. The number of benzene rings is 1. The van der Waals surface area contributed by atoms with Crippen LogP contribution >= 0.6 is 0 Å². The minimum absolute atomic E-state index is 0.0135. The molecule has 1 unspecified atom stereocenters. The van der Waals surface area contributed by atoms with Gasteiger partial charge in [-0.05, 0) is 37.7 Å². The second-order valence-corrected chi connectivity index (χ2v) is 8.83. The van der Waals surface area contributed by atoms with Gasteiger partial charge < -0.3 is 25.0 Å². The highest BCUT2D eigenvalue weighted by Gasteiger charge is 2.34. The highest BCUT2D eigenvalue weighted by atomic mass is 16.5. The molecule has 1 aromatic carbocycles. The first-order valence-corrected chi connectivity index (χ1v) is 11.6. The van der Waals surface area contributed by atoms with Crippen LogP contribution in [0.4, 0.5) is 0 Å². The predicted octanol–water partition coefficient (Wildman–Crippen LogP) is 3.12.